The predicted octanol–water partition coefficient (Wildman–Crippen LogP) is 0.769. The summed E-state index contributed by atoms with van der Waals surface area (Å²) in [6.45, 7) is 2.12. The van der Waals surface area contributed by atoms with Crippen LogP contribution in [0.3, 0.4) is 0 Å². The van der Waals surface area contributed by atoms with E-state index >= 15 is 0 Å². The van der Waals surface area contributed by atoms with E-state index in [1.165, 1.54) is 0 Å². The van der Waals surface area contributed by atoms with Crippen molar-refractivity contribution in [2.45, 2.75) is 44.6 Å². The van der Waals surface area contributed by atoms with Gasteiger partial charge < -0.3 is 11.5 Å². The lowest BCUT2D eigenvalue weighted by molar-refractivity contribution is -0.119. The number of hydrogen-bond donors (Lipinski definition) is 2. The van der Waals surface area contributed by atoms with Gasteiger partial charge in [0.2, 0.25) is 5.91 Å². The molecule has 0 aromatic heterocycles. The molecule has 0 bridgehead atoms. The smallest absolute Gasteiger partial charge is 0.219 e. The summed E-state index contributed by atoms with van der Waals surface area (Å²) >= 11 is 0. The van der Waals surface area contributed by atoms with E-state index in [9.17, 15) is 4.79 Å². The van der Waals surface area contributed by atoms with E-state index in [-0.39, 0.29) is 11.4 Å². The van der Waals surface area contributed by atoms with Gasteiger partial charge in [-0.25, -0.2) is 0 Å². The predicted molar refractivity (Wildman–Crippen MR) is 48.4 cm³/mol. The number of primary amides is 1. The Hall–Kier alpha value is -0.570. The Labute approximate surface area is 73.5 Å². The second-order valence-corrected chi connectivity index (χ2v) is 3.87. The zero-order valence-corrected chi connectivity index (χ0v) is 7.68. The van der Waals surface area contributed by atoms with Crippen molar-refractivity contribution < 1.29 is 4.79 Å². The van der Waals surface area contributed by atoms with E-state index in [1.807, 2.05) is 0 Å². The maximum atomic E-state index is 10.8. The second-order valence-electron chi connectivity index (χ2n) is 3.87. The van der Waals surface area contributed by atoms with Gasteiger partial charge in [0.1, 0.15) is 0 Å². The molecule has 12 heavy (non-hydrogen) atoms. The normalized spacial score (nSPS) is 35.3. The minimum atomic E-state index is -0.291. The Kier molecular flexibility index (Phi) is 2.73. The van der Waals surface area contributed by atoms with Crippen molar-refractivity contribution in [3.8, 4) is 0 Å². The molecule has 1 aliphatic rings. The molecule has 0 aliphatic heterocycles. The van der Waals surface area contributed by atoms with E-state index in [0.717, 1.165) is 25.7 Å². The van der Waals surface area contributed by atoms with Crippen molar-refractivity contribution in [1.82, 2.24) is 0 Å². The fourth-order valence-corrected chi connectivity index (χ4v) is 2.34. The van der Waals surface area contributed by atoms with E-state index in [1.54, 1.807) is 0 Å². The number of carbonyl (C=O) groups excluding carboxylic acids is 1. The molecule has 0 radical (unpaired) electrons. The number of carbonyl (C=O) groups is 1. The Morgan fingerprint density at radius 2 is 2.33 bits per heavy atom. The first kappa shape index (κ1) is 9.52. The third kappa shape index (κ3) is 1.78. The van der Waals surface area contributed by atoms with Gasteiger partial charge in [0.05, 0.1) is 0 Å². The fraction of sp³-hybridized carbons (Fsp3) is 0.889. The lowest BCUT2D eigenvalue weighted by atomic mass is 9.83. The molecule has 0 aromatic rings. The third-order valence-corrected chi connectivity index (χ3v) is 3.00. The van der Waals surface area contributed by atoms with Gasteiger partial charge in [-0.3, -0.25) is 4.79 Å². The maximum Gasteiger partial charge on any atom is 0.219 e. The highest BCUT2D eigenvalue weighted by Gasteiger charge is 2.39. The zero-order valence-electron chi connectivity index (χ0n) is 7.68. The molecule has 1 saturated carbocycles. The van der Waals surface area contributed by atoms with E-state index < -0.39 is 0 Å². The number of rotatable bonds is 3. The number of hydrogen-bond acceptors (Lipinski definition) is 2. The van der Waals surface area contributed by atoms with E-state index in [4.69, 9.17) is 11.5 Å². The number of nitrogens with two attached hydrogens (primary N) is 2. The SMILES string of the molecule is CCC1CCCC1(N)CC(N)=O. The molecule has 1 rings (SSSR count). The van der Waals surface area contributed by atoms with Crippen molar-refractivity contribution in [1.29, 1.82) is 0 Å². The summed E-state index contributed by atoms with van der Waals surface area (Å²) in [7, 11) is 0. The van der Waals surface area contributed by atoms with Gasteiger partial charge in [0.15, 0.2) is 0 Å². The molecule has 2 unspecified atom stereocenters. The van der Waals surface area contributed by atoms with Gasteiger partial charge in [-0.2, -0.15) is 0 Å². The number of amides is 1. The molecule has 0 aromatic carbocycles. The molecule has 0 spiro atoms. The van der Waals surface area contributed by atoms with Gasteiger partial charge in [0, 0.05) is 12.0 Å². The summed E-state index contributed by atoms with van der Waals surface area (Å²) in [5.41, 5.74) is 11.0. The maximum absolute atomic E-state index is 10.8. The first-order valence-corrected chi connectivity index (χ1v) is 4.65. The van der Waals surface area contributed by atoms with Crippen molar-refractivity contribution in [2.24, 2.45) is 17.4 Å². The standard InChI is InChI=1S/C9H18N2O/c1-2-7-4-3-5-9(7,11)6-8(10)12/h7H,2-6,11H2,1H3,(H2,10,12). The van der Waals surface area contributed by atoms with Crippen LogP contribution in [0.15, 0.2) is 0 Å². The summed E-state index contributed by atoms with van der Waals surface area (Å²) in [4.78, 5) is 10.8. The molecule has 0 heterocycles. The van der Waals surface area contributed by atoms with Gasteiger partial charge >= 0.3 is 0 Å². The van der Waals surface area contributed by atoms with Crippen LogP contribution < -0.4 is 11.5 Å². The molecular weight excluding hydrogens is 152 g/mol. The molecule has 2 atom stereocenters. The van der Waals surface area contributed by atoms with Crippen LogP contribution in [-0.2, 0) is 4.79 Å². The summed E-state index contributed by atoms with van der Waals surface area (Å²) in [5, 5.41) is 0. The molecule has 4 N–H and O–H groups in total. The topological polar surface area (TPSA) is 69.1 Å². The minimum Gasteiger partial charge on any atom is -0.370 e. The Bertz CT molecular complexity index is 181. The van der Waals surface area contributed by atoms with Gasteiger partial charge in [-0.1, -0.05) is 19.8 Å². The molecule has 1 fully saturated rings. The van der Waals surface area contributed by atoms with Crippen LogP contribution in [0.2, 0.25) is 0 Å². The molecule has 1 amide bonds. The summed E-state index contributed by atoms with van der Waals surface area (Å²) in [5.74, 6) is 0.225. The highest BCUT2D eigenvalue weighted by molar-refractivity contribution is 5.75. The van der Waals surface area contributed by atoms with Crippen LogP contribution in [0.25, 0.3) is 0 Å². The molecule has 0 saturated heterocycles. The summed E-state index contributed by atoms with van der Waals surface area (Å²) < 4.78 is 0. The van der Waals surface area contributed by atoms with Crippen LogP contribution in [0.4, 0.5) is 0 Å². The molecule has 1 aliphatic carbocycles. The van der Waals surface area contributed by atoms with Crippen LogP contribution in [-0.4, -0.2) is 11.4 Å². The largest absolute Gasteiger partial charge is 0.370 e. The summed E-state index contributed by atoms with van der Waals surface area (Å²) in [6.07, 6.45) is 4.66. The third-order valence-electron chi connectivity index (χ3n) is 3.00. The van der Waals surface area contributed by atoms with Crippen molar-refractivity contribution in [2.75, 3.05) is 0 Å². The minimum absolute atomic E-state index is 0.266. The highest BCUT2D eigenvalue weighted by atomic mass is 16.1. The average Bonchev–Trinajstić information content (AvgIpc) is 2.28. The lowest BCUT2D eigenvalue weighted by Crippen LogP contribution is -2.46. The molecule has 3 heteroatoms. The monoisotopic (exact) mass is 170 g/mol. The van der Waals surface area contributed by atoms with E-state index in [0.29, 0.717) is 12.3 Å². The van der Waals surface area contributed by atoms with Crippen molar-refractivity contribution >= 4 is 5.91 Å². The van der Waals surface area contributed by atoms with Gasteiger partial charge in [-0.15, -0.1) is 0 Å². The van der Waals surface area contributed by atoms with Crippen LogP contribution in [0.5, 0.6) is 0 Å². The summed E-state index contributed by atoms with van der Waals surface area (Å²) in [6, 6.07) is 0. The molecule has 3 nitrogen and oxygen atoms in total. The zero-order chi connectivity index (χ0) is 9.19. The Morgan fingerprint density at radius 3 is 2.83 bits per heavy atom. The Balaban J connectivity index is 2.61. The van der Waals surface area contributed by atoms with Crippen LogP contribution >= 0.6 is 0 Å². The molecular formula is C9H18N2O. The van der Waals surface area contributed by atoms with Crippen molar-refractivity contribution in [3.63, 3.8) is 0 Å². The molecule has 70 valence electrons. The first-order chi connectivity index (χ1) is 5.58. The lowest BCUT2D eigenvalue weighted by Gasteiger charge is -2.29. The quantitative estimate of drug-likeness (QED) is 0.656. The van der Waals surface area contributed by atoms with E-state index in [2.05, 4.69) is 6.92 Å². The average molecular weight is 170 g/mol. The van der Waals surface area contributed by atoms with Crippen molar-refractivity contribution in [3.05, 3.63) is 0 Å². The van der Waals surface area contributed by atoms with Gasteiger partial charge in [0.25, 0.3) is 0 Å². The Morgan fingerprint density at radius 1 is 1.67 bits per heavy atom. The van der Waals surface area contributed by atoms with Crippen LogP contribution in [0.1, 0.15) is 39.0 Å². The fourth-order valence-electron chi connectivity index (χ4n) is 2.34. The van der Waals surface area contributed by atoms with Gasteiger partial charge in [-0.05, 0) is 18.8 Å². The highest BCUT2D eigenvalue weighted by Crippen LogP contribution is 2.37. The van der Waals surface area contributed by atoms with Crippen LogP contribution in [0, 0.1) is 5.92 Å². The first-order valence-electron chi connectivity index (χ1n) is 4.65. The second kappa shape index (κ2) is 3.44.